The van der Waals surface area contributed by atoms with Crippen molar-refractivity contribution in [2.24, 2.45) is 5.73 Å². The number of hydrogen-bond acceptors (Lipinski definition) is 2. The van der Waals surface area contributed by atoms with Gasteiger partial charge in [-0.05, 0) is 26.0 Å². The molecule has 2 amide bonds. The fourth-order valence-electron chi connectivity index (χ4n) is 1.54. The van der Waals surface area contributed by atoms with E-state index in [2.05, 4.69) is 5.32 Å². The van der Waals surface area contributed by atoms with Crippen LogP contribution in [-0.4, -0.2) is 28.5 Å². The molecule has 0 aliphatic heterocycles. The maximum Gasteiger partial charge on any atom is 0.322 e. The Morgan fingerprint density at radius 1 is 1.39 bits per heavy atom. The van der Waals surface area contributed by atoms with Crippen molar-refractivity contribution in [3.8, 4) is 0 Å². The van der Waals surface area contributed by atoms with Crippen molar-refractivity contribution >= 4 is 28.9 Å². The predicted octanol–water partition coefficient (Wildman–Crippen LogP) is 2.61. The minimum atomic E-state index is -0.132. The van der Waals surface area contributed by atoms with Crippen LogP contribution in [0.5, 0.6) is 0 Å². The molecule has 0 bridgehead atoms. The van der Waals surface area contributed by atoms with E-state index < -0.39 is 0 Å². The molecule has 0 aliphatic carbocycles. The van der Waals surface area contributed by atoms with Crippen LogP contribution in [0.1, 0.15) is 20.3 Å². The second kappa shape index (κ2) is 6.96. The summed E-state index contributed by atoms with van der Waals surface area (Å²) in [5, 5.41) is 2.85. The number of para-hydroxylation sites is 1. The van der Waals surface area contributed by atoms with Crippen molar-refractivity contribution in [1.82, 2.24) is 4.90 Å². The first-order chi connectivity index (χ1) is 8.50. The van der Waals surface area contributed by atoms with Gasteiger partial charge in [0.1, 0.15) is 0 Å². The van der Waals surface area contributed by atoms with Crippen LogP contribution in [-0.2, 0) is 0 Å². The molecule has 1 aromatic carbocycles. The minimum absolute atomic E-state index is 0.100. The Hall–Kier alpha value is -1.62. The molecule has 5 heteroatoms. The van der Waals surface area contributed by atoms with Crippen molar-refractivity contribution in [2.75, 3.05) is 11.9 Å². The van der Waals surface area contributed by atoms with Gasteiger partial charge in [0.25, 0.3) is 0 Å². The van der Waals surface area contributed by atoms with Gasteiger partial charge in [0.2, 0.25) is 0 Å². The molecule has 0 radical (unpaired) electrons. The van der Waals surface area contributed by atoms with Crippen molar-refractivity contribution in [2.45, 2.75) is 26.3 Å². The van der Waals surface area contributed by atoms with Crippen molar-refractivity contribution < 1.29 is 4.79 Å². The summed E-state index contributed by atoms with van der Waals surface area (Å²) in [7, 11) is 0. The van der Waals surface area contributed by atoms with E-state index in [0.29, 0.717) is 18.0 Å². The van der Waals surface area contributed by atoms with Crippen LogP contribution in [0, 0.1) is 0 Å². The Morgan fingerprint density at radius 2 is 2.00 bits per heavy atom. The molecule has 0 fully saturated rings. The van der Waals surface area contributed by atoms with Gasteiger partial charge in [-0.3, -0.25) is 0 Å². The van der Waals surface area contributed by atoms with E-state index in [1.54, 1.807) is 4.90 Å². The number of carbonyl (C=O) groups is 1. The molecule has 3 N–H and O–H groups in total. The summed E-state index contributed by atoms with van der Waals surface area (Å²) in [6.07, 6.45) is 0.537. The largest absolute Gasteiger partial charge is 0.393 e. The molecule has 0 aromatic heterocycles. The van der Waals surface area contributed by atoms with Gasteiger partial charge in [-0.2, -0.15) is 0 Å². The maximum absolute atomic E-state index is 12.1. The number of rotatable bonds is 5. The second-order valence-electron chi connectivity index (χ2n) is 4.30. The zero-order valence-corrected chi connectivity index (χ0v) is 11.5. The molecule has 0 saturated carbocycles. The smallest absolute Gasteiger partial charge is 0.322 e. The van der Waals surface area contributed by atoms with Gasteiger partial charge in [0, 0.05) is 24.7 Å². The number of hydrogen-bond donors (Lipinski definition) is 2. The Balaban J connectivity index is 2.62. The van der Waals surface area contributed by atoms with Crippen molar-refractivity contribution in [3.05, 3.63) is 30.3 Å². The lowest BCUT2D eigenvalue weighted by Crippen LogP contribution is -2.41. The lowest BCUT2D eigenvalue weighted by atomic mass is 10.3. The number of amides is 2. The van der Waals surface area contributed by atoms with E-state index >= 15 is 0 Å². The van der Waals surface area contributed by atoms with E-state index in [0.717, 1.165) is 5.69 Å². The molecule has 4 nitrogen and oxygen atoms in total. The highest BCUT2D eigenvalue weighted by molar-refractivity contribution is 7.80. The van der Waals surface area contributed by atoms with E-state index in [1.165, 1.54) is 0 Å². The Kier molecular flexibility index (Phi) is 5.58. The third kappa shape index (κ3) is 4.71. The monoisotopic (exact) mass is 265 g/mol. The van der Waals surface area contributed by atoms with Crippen LogP contribution in [0.25, 0.3) is 0 Å². The summed E-state index contributed by atoms with van der Waals surface area (Å²) < 4.78 is 0. The normalized spacial score (nSPS) is 10.2. The zero-order valence-electron chi connectivity index (χ0n) is 10.7. The number of benzene rings is 1. The minimum Gasteiger partial charge on any atom is -0.393 e. The van der Waals surface area contributed by atoms with Crippen LogP contribution in [0.15, 0.2) is 30.3 Å². The summed E-state index contributed by atoms with van der Waals surface area (Å²) in [5.74, 6) is 0. The molecule has 0 saturated heterocycles. The topological polar surface area (TPSA) is 58.4 Å². The van der Waals surface area contributed by atoms with Crippen LogP contribution in [0.2, 0.25) is 0 Å². The van der Waals surface area contributed by atoms with Crippen LogP contribution >= 0.6 is 12.2 Å². The molecule has 0 spiro atoms. The molecule has 0 heterocycles. The Labute approximate surface area is 113 Å². The van der Waals surface area contributed by atoms with Crippen molar-refractivity contribution in [1.29, 1.82) is 0 Å². The molecular weight excluding hydrogens is 246 g/mol. The van der Waals surface area contributed by atoms with Crippen LogP contribution in [0.4, 0.5) is 10.5 Å². The first-order valence-electron chi connectivity index (χ1n) is 5.91. The Morgan fingerprint density at radius 3 is 2.50 bits per heavy atom. The number of urea groups is 1. The van der Waals surface area contributed by atoms with Gasteiger partial charge in [-0.25, -0.2) is 4.79 Å². The van der Waals surface area contributed by atoms with Crippen molar-refractivity contribution in [3.63, 3.8) is 0 Å². The van der Waals surface area contributed by atoms with E-state index in [4.69, 9.17) is 18.0 Å². The second-order valence-corrected chi connectivity index (χ2v) is 4.82. The molecule has 1 aromatic rings. The van der Waals surface area contributed by atoms with Crippen LogP contribution in [0.3, 0.4) is 0 Å². The average Bonchev–Trinajstić information content (AvgIpc) is 2.29. The number of thiocarbonyl (C=S) groups is 1. The quantitative estimate of drug-likeness (QED) is 0.805. The molecule has 98 valence electrons. The molecule has 18 heavy (non-hydrogen) atoms. The van der Waals surface area contributed by atoms with Gasteiger partial charge >= 0.3 is 6.03 Å². The Bertz CT molecular complexity index is 406. The fourth-order valence-corrected chi connectivity index (χ4v) is 1.63. The average molecular weight is 265 g/mol. The molecular formula is C13H19N3OS. The number of nitrogens with one attached hydrogen (secondary N) is 1. The van der Waals surface area contributed by atoms with Gasteiger partial charge in [0.05, 0.1) is 4.99 Å². The molecule has 0 unspecified atom stereocenters. The van der Waals surface area contributed by atoms with Crippen LogP contribution < -0.4 is 11.1 Å². The fraction of sp³-hybridized carbons (Fsp3) is 0.385. The summed E-state index contributed by atoms with van der Waals surface area (Å²) >= 11 is 4.84. The van der Waals surface area contributed by atoms with Gasteiger partial charge in [-0.15, -0.1) is 0 Å². The van der Waals surface area contributed by atoms with E-state index in [-0.39, 0.29) is 12.1 Å². The highest BCUT2D eigenvalue weighted by Gasteiger charge is 2.16. The maximum atomic E-state index is 12.1. The lowest BCUT2D eigenvalue weighted by molar-refractivity contribution is 0.199. The summed E-state index contributed by atoms with van der Waals surface area (Å²) in [6.45, 7) is 4.46. The van der Waals surface area contributed by atoms with Gasteiger partial charge < -0.3 is 16.0 Å². The lowest BCUT2D eigenvalue weighted by Gasteiger charge is -2.26. The molecule has 0 atom stereocenters. The standard InChI is InChI=1S/C13H19N3OS/c1-10(2)16(9-8-12(14)18)13(17)15-11-6-4-3-5-7-11/h3-7,10H,8-9H2,1-2H3,(H2,14,18)(H,15,17). The number of anilines is 1. The first-order valence-corrected chi connectivity index (χ1v) is 6.32. The van der Waals surface area contributed by atoms with E-state index in [9.17, 15) is 4.79 Å². The third-order valence-corrected chi connectivity index (χ3v) is 2.71. The zero-order chi connectivity index (χ0) is 13.5. The highest BCUT2D eigenvalue weighted by Crippen LogP contribution is 2.09. The SMILES string of the molecule is CC(C)N(CCC(N)=S)C(=O)Nc1ccccc1. The number of carbonyl (C=O) groups excluding carboxylic acids is 1. The van der Waals surface area contributed by atoms with E-state index in [1.807, 2.05) is 44.2 Å². The predicted molar refractivity (Wildman–Crippen MR) is 78.7 cm³/mol. The summed E-state index contributed by atoms with van der Waals surface area (Å²) in [5.41, 5.74) is 6.25. The molecule has 0 aliphatic rings. The number of nitrogens with two attached hydrogens (primary N) is 1. The van der Waals surface area contributed by atoms with Gasteiger partial charge in [0.15, 0.2) is 0 Å². The highest BCUT2D eigenvalue weighted by atomic mass is 32.1. The first kappa shape index (κ1) is 14.4. The summed E-state index contributed by atoms with van der Waals surface area (Å²) in [4.78, 5) is 14.2. The number of nitrogens with zero attached hydrogens (tertiary/aromatic N) is 1. The molecule has 1 rings (SSSR count). The summed E-state index contributed by atoms with van der Waals surface area (Å²) in [6, 6.07) is 9.33. The van der Waals surface area contributed by atoms with Gasteiger partial charge in [-0.1, -0.05) is 30.4 Å². The third-order valence-electron chi connectivity index (χ3n) is 2.51.